The Morgan fingerprint density at radius 3 is 2.48 bits per heavy atom. The fraction of sp³-hybridized carbons (Fsp3) is 0.136. The minimum Gasteiger partial charge on any atom is -0.494 e. The summed E-state index contributed by atoms with van der Waals surface area (Å²) in [5, 5.41) is 20.7. The number of aromatic nitrogens is 1. The van der Waals surface area contributed by atoms with Crippen LogP contribution in [0.25, 0.3) is 17.3 Å². The lowest BCUT2D eigenvalue weighted by Crippen LogP contribution is -2.03. The van der Waals surface area contributed by atoms with E-state index in [0.717, 1.165) is 27.0 Å². The average Bonchev–Trinajstić information content (AvgIpc) is 2.99. The Bertz CT molecular complexity index is 1160. The van der Waals surface area contributed by atoms with Gasteiger partial charge in [-0.15, -0.1) is 0 Å². The fourth-order valence-electron chi connectivity index (χ4n) is 3.23. The molecule has 0 aliphatic rings. The molecule has 0 atom stereocenters. The Labute approximate surface area is 176 Å². The number of non-ortho nitro benzene ring substituents is 1. The second-order valence-corrected chi connectivity index (χ2v) is 7.37. The molecule has 29 heavy (non-hydrogen) atoms. The number of ether oxygens (including phenoxy) is 1. The zero-order valence-corrected chi connectivity index (χ0v) is 17.7. The van der Waals surface area contributed by atoms with Crippen LogP contribution in [0.5, 0.6) is 5.75 Å². The Kier molecular flexibility index (Phi) is 5.85. The van der Waals surface area contributed by atoms with Crippen LogP contribution in [0.3, 0.4) is 0 Å². The lowest BCUT2D eigenvalue weighted by Gasteiger charge is -2.14. The Morgan fingerprint density at radius 2 is 1.90 bits per heavy atom. The second-order valence-electron chi connectivity index (χ2n) is 6.45. The first-order valence-corrected chi connectivity index (χ1v) is 9.54. The summed E-state index contributed by atoms with van der Waals surface area (Å²) in [5.74, 6) is 0.407. The van der Waals surface area contributed by atoms with Gasteiger partial charge in [-0.3, -0.25) is 10.1 Å². The number of methoxy groups -OCH3 is 1. The number of nitro benzene ring substituents is 1. The maximum Gasteiger partial charge on any atom is 0.273 e. The molecule has 7 heteroatoms. The van der Waals surface area contributed by atoms with Crippen LogP contribution in [0.2, 0.25) is 0 Å². The summed E-state index contributed by atoms with van der Waals surface area (Å²) in [7, 11) is 1.48. The van der Waals surface area contributed by atoms with Gasteiger partial charge in [-0.2, -0.15) is 5.26 Å². The fourth-order valence-corrected chi connectivity index (χ4v) is 3.50. The van der Waals surface area contributed by atoms with Crippen molar-refractivity contribution in [2.24, 2.45) is 0 Å². The van der Waals surface area contributed by atoms with Gasteiger partial charge in [0.05, 0.1) is 35.4 Å². The van der Waals surface area contributed by atoms with E-state index in [9.17, 15) is 15.4 Å². The molecule has 3 aromatic rings. The summed E-state index contributed by atoms with van der Waals surface area (Å²) in [5.41, 5.74) is 4.77. The molecular weight excluding hydrogens is 434 g/mol. The van der Waals surface area contributed by atoms with Crippen LogP contribution < -0.4 is 4.74 Å². The van der Waals surface area contributed by atoms with E-state index in [2.05, 4.69) is 22.0 Å². The van der Waals surface area contributed by atoms with E-state index in [0.29, 0.717) is 17.0 Å². The van der Waals surface area contributed by atoms with Gasteiger partial charge in [0.15, 0.2) is 0 Å². The molecule has 0 saturated carbocycles. The predicted octanol–water partition coefficient (Wildman–Crippen LogP) is 5.84. The van der Waals surface area contributed by atoms with Crippen LogP contribution in [0, 0.1) is 35.3 Å². The van der Waals surface area contributed by atoms with Crippen molar-refractivity contribution in [2.75, 3.05) is 7.11 Å². The van der Waals surface area contributed by atoms with Gasteiger partial charge in [-0.25, -0.2) is 0 Å². The van der Waals surface area contributed by atoms with Crippen molar-refractivity contribution in [3.05, 3.63) is 85.6 Å². The molecule has 146 valence electrons. The zero-order valence-electron chi connectivity index (χ0n) is 16.1. The van der Waals surface area contributed by atoms with E-state index in [1.807, 2.05) is 54.8 Å². The van der Waals surface area contributed by atoms with Crippen molar-refractivity contribution in [2.45, 2.75) is 13.8 Å². The van der Waals surface area contributed by atoms with Crippen LogP contribution in [-0.2, 0) is 0 Å². The maximum atomic E-state index is 11.1. The standard InChI is InChI=1S/C22H18BrN3O3/c1-14-10-17(11-18(13-24)16-4-6-19(23)7-5-16)15(2)25(14)21-9-8-20(26(27)28)12-22(21)29-3/h4-12H,1-3H3/b18-11-. The number of benzene rings is 2. The summed E-state index contributed by atoms with van der Waals surface area (Å²) in [4.78, 5) is 10.6. The summed E-state index contributed by atoms with van der Waals surface area (Å²) in [6.45, 7) is 3.88. The first-order valence-electron chi connectivity index (χ1n) is 8.75. The molecule has 0 saturated heterocycles. The number of hydrogen-bond donors (Lipinski definition) is 0. The van der Waals surface area contributed by atoms with E-state index in [4.69, 9.17) is 4.74 Å². The number of nitriles is 1. The minimum absolute atomic E-state index is 0.0322. The Morgan fingerprint density at radius 1 is 1.21 bits per heavy atom. The highest BCUT2D eigenvalue weighted by atomic mass is 79.9. The highest BCUT2D eigenvalue weighted by molar-refractivity contribution is 9.10. The molecule has 0 aliphatic carbocycles. The van der Waals surface area contributed by atoms with Gasteiger partial charge < -0.3 is 9.30 Å². The summed E-state index contributed by atoms with van der Waals surface area (Å²) in [6, 6.07) is 16.3. The van der Waals surface area contributed by atoms with Crippen LogP contribution in [0.1, 0.15) is 22.5 Å². The van der Waals surface area contributed by atoms with Gasteiger partial charge in [0.2, 0.25) is 0 Å². The van der Waals surface area contributed by atoms with Crippen LogP contribution in [0.15, 0.2) is 53.0 Å². The molecule has 1 aromatic heterocycles. The summed E-state index contributed by atoms with van der Waals surface area (Å²) in [6.07, 6.45) is 1.85. The molecule has 0 spiro atoms. The van der Waals surface area contributed by atoms with E-state index >= 15 is 0 Å². The highest BCUT2D eigenvalue weighted by Crippen LogP contribution is 2.32. The Balaban J connectivity index is 2.11. The summed E-state index contributed by atoms with van der Waals surface area (Å²) < 4.78 is 8.30. The molecule has 0 radical (unpaired) electrons. The first-order chi connectivity index (χ1) is 13.8. The lowest BCUT2D eigenvalue weighted by atomic mass is 10.0. The predicted molar refractivity (Wildman–Crippen MR) is 116 cm³/mol. The molecule has 0 N–H and O–H groups in total. The third-order valence-corrected chi connectivity index (χ3v) is 5.19. The van der Waals surface area contributed by atoms with E-state index in [1.165, 1.54) is 19.2 Å². The number of rotatable bonds is 5. The number of nitrogens with zero attached hydrogens (tertiary/aromatic N) is 3. The second kappa shape index (κ2) is 8.33. The molecule has 0 unspecified atom stereocenters. The molecule has 0 amide bonds. The van der Waals surface area contributed by atoms with Gasteiger partial charge >= 0.3 is 0 Å². The van der Waals surface area contributed by atoms with E-state index < -0.39 is 4.92 Å². The summed E-state index contributed by atoms with van der Waals surface area (Å²) >= 11 is 3.40. The van der Waals surface area contributed by atoms with Gasteiger partial charge in [-0.1, -0.05) is 28.1 Å². The maximum absolute atomic E-state index is 11.1. The van der Waals surface area contributed by atoms with Gasteiger partial charge in [0, 0.05) is 21.9 Å². The monoisotopic (exact) mass is 451 g/mol. The molecule has 2 aromatic carbocycles. The third-order valence-electron chi connectivity index (χ3n) is 4.66. The molecular formula is C22H18BrN3O3. The first kappa shape index (κ1) is 20.4. The normalized spacial score (nSPS) is 11.2. The van der Waals surface area contributed by atoms with Crippen LogP contribution >= 0.6 is 15.9 Å². The van der Waals surface area contributed by atoms with Crippen molar-refractivity contribution in [1.82, 2.24) is 4.57 Å². The number of halogens is 1. The van der Waals surface area contributed by atoms with Crippen molar-refractivity contribution in [1.29, 1.82) is 5.26 Å². The van der Waals surface area contributed by atoms with Crippen molar-refractivity contribution >= 4 is 33.3 Å². The Hall–Kier alpha value is -3.37. The smallest absolute Gasteiger partial charge is 0.273 e. The topological polar surface area (TPSA) is 81.1 Å². The van der Waals surface area contributed by atoms with Crippen molar-refractivity contribution < 1.29 is 9.66 Å². The zero-order chi connectivity index (χ0) is 21.1. The largest absolute Gasteiger partial charge is 0.494 e. The van der Waals surface area contributed by atoms with Gasteiger partial charge in [0.25, 0.3) is 5.69 Å². The van der Waals surface area contributed by atoms with E-state index in [-0.39, 0.29) is 5.69 Å². The quantitative estimate of drug-likeness (QED) is 0.277. The third kappa shape index (κ3) is 4.08. The number of nitro groups is 1. The molecule has 3 rings (SSSR count). The molecule has 0 bridgehead atoms. The lowest BCUT2D eigenvalue weighted by molar-refractivity contribution is -0.384. The number of aryl methyl sites for hydroxylation is 1. The van der Waals surface area contributed by atoms with Crippen LogP contribution in [-0.4, -0.2) is 16.6 Å². The average molecular weight is 452 g/mol. The minimum atomic E-state index is -0.451. The SMILES string of the molecule is COc1cc([N+](=O)[O-])ccc1-n1c(C)cc(/C=C(/C#N)c2ccc(Br)cc2)c1C. The van der Waals surface area contributed by atoms with Gasteiger partial charge in [0.1, 0.15) is 5.75 Å². The number of hydrogen-bond acceptors (Lipinski definition) is 4. The highest BCUT2D eigenvalue weighted by Gasteiger charge is 2.17. The molecule has 1 heterocycles. The van der Waals surface area contributed by atoms with Crippen molar-refractivity contribution in [3.8, 4) is 17.5 Å². The van der Waals surface area contributed by atoms with Crippen molar-refractivity contribution in [3.63, 3.8) is 0 Å². The molecule has 6 nitrogen and oxygen atoms in total. The van der Waals surface area contributed by atoms with Gasteiger partial charge in [-0.05, 0) is 55.3 Å². The van der Waals surface area contributed by atoms with E-state index in [1.54, 1.807) is 6.07 Å². The molecule has 0 fully saturated rings. The van der Waals surface area contributed by atoms with Crippen LogP contribution in [0.4, 0.5) is 5.69 Å². The number of allylic oxidation sites excluding steroid dienone is 1. The molecule has 0 aliphatic heterocycles.